The van der Waals surface area contributed by atoms with E-state index in [1.807, 2.05) is 0 Å². The molecule has 2 atom stereocenters. The Kier molecular flexibility index (Phi) is 2.07. The minimum Gasteiger partial charge on any atom is -0.311 e. The van der Waals surface area contributed by atoms with Gasteiger partial charge < -0.3 is 5.32 Å². The Balaban J connectivity index is 1.64. The zero-order valence-corrected chi connectivity index (χ0v) is 7.26. The van der Waals surface area contributed by atoms with Gasteiger partial charge in [-0.1, -0.05) is 6.92 Å². The molecule has 12 heavy (non-hydrogen) atoms. The first kappa shape index (κ1) is 8.42. The van der Waals surface area contributed by atoms with E-state index in [1.54, 1.807) is 0 Å². The maximum absolute atomic E-state index is 12.1. The van der Waals surface area contributed by atoms with Gasteiger partial charge in [0.05, 0.1) is 0 Å². The van der Waals surface area contributed by atoms with Gasteiger partial charge in [-0.3, -0.25) is 0 Å². The number of alkyl halides is 2. The minimum absolute atomic E-state index is 0.127. The van der Waals surface area contributed by atoms with Crippen molar-refractivity contribution in [1.29, 1.82) is 0 Å². The lowest BCUT2D eigenvalue weighted by molar-refractivity contribution is 0.115. The summed E-state index contributed by atoms with van der Waals surface area (Å²) in [7, 11) is 0. The van der Waals surface area contributed by atoms with Gasteiger partial charge in [-0.2, -0.15) is 0 Å². The van der Waals surface area contributed by atoms with Crippen molar-refractivity contribution >= 4 is 0 Å². The molecule has 2 saturated carbocycles. The smallest absolute Gasteiger partial charge is 0.242 e. The highest BCUT2D eigenvalue weighted by Gasteiger charge is 2.45. The molecule has 0 aromatic heterocycles. The Morgan fingerprint density at radius 2 is 1.92 bits per heavy atom. The van der Waals surface area contributed by atoms with Crippen molar-refractivity contribution in [2.24, 2.45) is 11.8 Å². The first-order valence-corrected chi connectivity index (χ1v) is 4.71. The molecule has 3 heteroatoms. The van der Waals surface area contributed by atoms with Gasteiger partial charge in [0, 0.05) is 18.0 Å². The number of halogens is 2. The normalized spacial score (nSPS) is 46.0. The average Bonchev–Trinajstić information content (AvgIpc) is 2.64. The second-order valence-corrected chi connectivity index (χ2v) is 4.28. The van der Waals surface area contributed by atoms with E-state index in [-0.39, 0.29) is 12.0 Å². The van der Waals surface area contributed by atoms with Crippen LogP contribution in [0.15, 0.2) is 0 Å². The molecule has 0 aromatic rings. The van der Waals surface area contributed by atoms with Gasteiger partial charge in [0.1, 0.15) is 0 Å². The van der Waals surface area contributed by atoms with Crippen LogP contribution in [-0.2, 0) is 0 Å². The van der Waals surface area contributed by atoms with Crippen LogP contribution in [0.25, 0.3) is 0 Å². The first-order chi connectivity index (χ1) is 5.66. The molecular formula is C9H15F2N. The van der Waals surface area contributed by atoms with Crippen LogP contribution >= 0.6 is 0 Å². The summed E-state index contributed by atoms with van der Waals surface area (Å²) in [5.74, 6) is 0.451. The van der Waals surface area contributed by atoms with Crippen molar-refractivity contribution in [1.82, 2.24) is 5.32 Å². The van der Waals surface area contributed by atoms with Crippen molar-refractivity contribution in [2.75, 3.05) is 0 Å². The Morgan fingerprint density at radius 3 is 2.33 bits per heavy atom. The van der Waals surface area contributed by atoms with Gasteiger partial charge in [0.2, 0.25) is 6.43 Å². The van der Waals surface area contributed by atoms with E-state index in [0.29, 0.717) is 12.5 Å². The highest BCUT2D eigenvalue weighted by molar-refractivity contribution is 4.98. The van der Waals surface area contributed by atoms with Crippen LogP contribution in [0.5, 0.6) is 0 Å². The third-order valence-corrected chi connectivity index (χ3v) is 2.99. The number of nitrogens with one attached hydrogen (secondary N) is 1. The molecule has 0 heterocycles. The number of hydrogen-bond acceptors (Lipinski definition) is 1. The van der Waals surface area contributed by atoms with Crippen LogP contribution in [0.4, 0.5) is 8.78 Å². The molecule has 0 bridgehead atoms. The van der Waals surface area contributed by atoms with E-state index in [2.05, 4.69) is 12.2 Å². The molecule has 1 nitrogen and oxygen atoms in total. The predicted octanol–water partition coefficient (Wildman–Crippen LogP) is 2.03. The average molecular weight is 175 g/mol. The summed E-state index contributed by atoms with van der Waals surface area (Å²) in [4.78, 5) is 0. The van der Waals surface area contributed by atoms with Crippen molar-refractivity contribution in [3.63, 3.8) is 0 Å². The fourth-order valence-corrected chi connectivity index (χ4v) is 2.03. The van der Waals surface area contributed by atoms with Crippen molar-refractivity contribution in [3.05, 3.63) is 0 Å². The Labute approximate surface area is 71.5 Å². The third-order valence-electron chi connectivity index (χ3n) is 2.99. The topological polar surface area (TPSA) is 12.0 Å². The summed E-state index contributed by atoms with van der Waals surface area (Å²) in [6.45, 7) is 2.20. The first-order valence-electron chi connectivity index (χ1n) is 4.71. The molecule has 0 spiro atoms. The van der Waals surface area contributed by atoms with Gasteiger partial charge >= 0.3 is 0 Å². The van der Waals surface area contributed by atoms with Gasteiger partial charge in [0.25, 0.3) is 0 Å². The molecule has 2 rings (SSSR count). The number of rotatable bonds is 3. The summed E-state index contributed by atoms with van der Waals surface area (Å²) >= 11 is 0. The monoisotopic (exact) mass is 175 g/mol. The highest BCUT2D eigenvalue weighted by atomic mass is 19.3. The molecule has 0 aliphatic heterocycles. The summed E-state index contributed by atoms with van der Waals surface area (Å²) in [5.41, 5.74) is 0. The highest BCUT2D eigenvalue weighted by Crippen LogP contribution is 2.38. The summed E-state index contributed by atoms with van der Waals surface area (Å²) in [6.07, 6.45) is 0.918. The maximum atomic E-state index is 12.1. The molecule has 0 radical (unpaired) electrons. The van der Waals surface area contributed by atoms with E-state index in [0.717, 1.165) is 5.92 Å². The molecule has 0 saturated heterocycles. The van der Waals surface area contributed by atoms with Crippen LogP contribution < -0.4 is 5.32 Å². The molecule has 0 aromatic carbocycles. The Morgan fingerprint density at radius 1 is 1.25 bits per heavy atom. The van der Waals surface area contributed by atoms with E-state index in [9.17, 15) is 8.78 Å². The molecule has 2 aliphatic rings. The molecule has 70 valence electrons. The van der Waals surface area contributed by atoms with Gasteiger partial charge in [-0.15, -0.1) is 0 Å². The van der Waals surface area contributed by atoms with E-state index >= 15 is 0 Å². The van der Waals surface area contributed by atoms with Gasteiger partial charge in [-0.05, 0) is 25.2 Å². The minimum atomic E-state index is -2.11. The molecule has 0 unspecified atom stereocenters. The van der Waals surface area contributed by atoms with Gasteiger partial charge in [0.15, 0.2) is 0 Å². The number of hydrogen-bond donors (Lipinski definition) is 1. The van der Waals surface area contributed by atoms with E-state index in [4.69, 9.17) is 0 Å². The summed E-state index contributed by atoms with van der Waals surface area (Å²) < 4.78 is 24.2. The molecule has 2 aliphatic carbocycles. The van der Waals surface area contributed by atoms with Crippen molar-refractivity contribution in [3.8, 4) is 0 Å². The SMILES string of the molecule is CC1CC(N[C@H]2C[C@@H]2C(F)F)C1. The van der Waals surface area contributed by atoms with E-state index < -0.39 is 6.43 Å². The Hall–Kier alpha value is -0.180. The lowest BCUT2D eigenvalue weighted by atomic mass is 9.82. The summed E-state index contributed by atoms with van der Waals surface area (Å²) in [5, 5.41) is 3.27. The molecular weight excluding hydrogens is 160 g/mol. The second-order valence-electron chi connectivity index (χ2n) is 4.28. The van der Waals surface area contributed by atoms with Crippen molar-refractivity contribution < 1.29 is 8.78 Å². The lowest BCUT2D eigenvalue weighted by Crippen LogP contribution is -2.42. The predicted molar refractivity (Wildman–Crippen MR) is 43.2 cm³/mol. The molecule has 2 fully saturated rings. The quantitative estimate of drug-likeness (QED) is 0.692. The summed E-state index contributed by atoms with van der Waals surface area (Å²) in [6, 6.07) is 0.663. The molecule has 1 N–H and O–H groups in total. The maximum Gasteiger partial charge on any atom is 0.242 e. The largest absolute Gasteiger partial charge is 0.311 e. The second kappa shape index (κ2) is 2.95. The fourth-order valence-electron chi connectivity index (χ4n) is 2.03. The van der Waals surface area contributed by atoms with Gasteiger partial charge in [-0.25, -0.2) is 8.78 Å². The van der Waals surface area contributed by atoms with E-state index in [1.165, 1.54) is 12.8 Å². The van der Waals surface area contributed by atoms with Crippen molar-refractivity contribution in [2.45, 2.75) is 44.7 Å². The van der Waals surface area contributed by atoms with Crippen LogP contribution in [0.2, 0.25) is 0 Å². The standard InChI is InChI=1S/C9H15F2N/c1-5-2-6(3-5)12-8-4-7(8)9(10)11/h5-9,12H,2-4H2,1H3/t5?,6?,7-,8-/m0/s1. The zero-order valence-electron chi connectivity index (χ0n) is 7.26. The fraction of sp³-hybridized carbons (Fsp3) is 1.00. The third kappa shape index (κ3) is 1.60. The van der Waals surface area contributed by atoms with Crippen LogP contribution in [-0.4, -0.2) is 18.5 Å². The van der Waals surface area contributed by atoms with Crippen LogP contribution in [0, 0.1) is 11.8 Å². The Bertz CT molecular complexity index is 166. The lowest BCUT2D eigenvalue weighted by Gasteiger charge is -2.33. The van der Waals surface area contributed by atoms with Crippen LogP contribution in [0.1, 0.15) is 26.2 Å². The van der Waals surface area contributed by atoms with Crippen LogP contribution in [0.3, 0.4) is 0 Å². The zero-order chi connectivity index (χ0) is 8.72. The molecule has 0 amide bonds.